The van der Waals surface area contributed by atoms with E-state index in [0.717, 1.165) is 44.3 Å². The molecule has 132 valence electrons. The summed E-state index contributed by atoms with van der Waals surface area (Å²) in [6.07, 6.45) is 2.06. The molecule has 0 amide bonds. The van der Waals surface area contributed by atoms with Gasteiger partial charge in [0.25, 0.3) is 5.52 Å². The van der Waals surface area contributed by atoms with Crippen LogP contribution in [0.25, 0.3) is 27.3 Å². The zero-order valence-electron chi connectivity index (χ0n) is 15.4. The van der Waals surface area contributed by atoms with Crippen LogP contribution in [0.15, 0.2) is 66.9 Å². The summed E-state index contributed by atoms with van der Waals surface area (Å²) in [5.41, 5.74) is 6.58. The number of nitrogens with zero attached hydrogens (tertiary/aromatic N) is 2. The van der Waals surface area contributed by atoms with Crippen LogP contribution in [0.3, 0.4) is 0 Å². The van der Waals surface area contributed by atoms with Gasteiger partial charge in [-0.2, -0.15) is 5.10 Å². The van der Waals surface area contributed by atoms with Gasteiger partial charge in [0.05, 0.1) is 11.2 Å². The van der Waals surface area contributed by atoms with Gasteiger partial charge in [0, 0.05) is 29.0 Å². The lowest BCUT2D eigenvalue weighted by molar-refractivity contribution is -0.580. The summed E-state index contributed by atoms with van der Waals surface area (Å²) in [7, 11) is 0. The smallest absolute Gasteiger partial charge is 0.261 e. The zero-order chi connectivity index (χ0) is 18.4. The molecule has 4 nitrogen and oxygen atoms in total. The molecule has 0 aliphatic heterocycles. The third-order valence-corrected chi connectivity index (χ3v) is 5.12. The molecule has 27 heavy (non-hydrogen) atoms. The molecule has 0 saturated carbocycles. The van der Waals surface area contributed by atoms with Gasteiger partial charge >= 0.3 is 0 Å². The van der Waals surface area contributed by atoms with Crippen LogP contribution in [0, 0.1) is 13.8 Å². The number of hydrogen-bond donors (Lipinski definition) is 1. The van der Waals surface area contributed by atoms with Gasteiger partial charge in [0.1, 0.15) is 17.9 Å². The van der Waals surface area contributed by atoms with Gasteiger partial charge in [-0.25, -0.2) is 4.98 Å². The number of hydrogen-bond acceptors (Lipinski definition) is 2. The minimum Gasteiger partial charge on any atom is -0.489 e. The van der Waals surface area contributed by atoms with Crippen LogP contribution in [-0.2, 0) is 6.61 Å². The third kappa shape index (κ3) is 2.70. The predicted octanol–water partition coefficient (Wildman–Crippen LogP) is 4.65. The first-order valence-electron chi connectivity index (χ1n) is 9.10. The lowest BCUT2D eigenvalue weighted by Crippen LogP contribution is -2.27. The van der Waals surface area contributed by atoms with E-state index >= 15 is 0 Å². The van der Waals surface area contributed by atoms with Crippen molar-refractivity contribution in [3.05, 3.63) is 83.7 Å². The van der Waals surface area contributed by atoms with Crippen LogP contribution in [0.4, 0.5) is 0 Å². The lowest BCUT2D eigenvalue weighted by atomic mass is 10.1. The highest BCUT2D eigenvalue weighted by Crippen LogP contribution is 2.30. The number of ether oxygens (including phenoxy) is 1. The van der Waals surface area contributed by atoms with Crippen LogP contribution < -0.4 is 9.25 Å². The maximum Gasteiger partial charge on any atom is 0.261 e. The Bertz CT molecular complexity index is 1290. The normalized spacial score (nSPS) is 11.5. The van der Waals surface area contributed by atoms with E-state index in [2.05, 4.69) is 55.5 Å². The highest BCUT2D eigenvalue weighted by molar-refractivity contribution is 6.11. The Hall–Kier alpha value is -3.40. The SMILES string of the molecule is Cc1cc2c3nc4cc(OCc5ccccc5)ccc4c3cc[n+]2[nH]c1C. The molecule has 5 rings (SSSR count). The second-order valence-corrected chi connectivity index (χ2v) is 6.96. The molecule has 4 heteroatoms. The quantitative estimate of drug-likeness (QED) is 0.479. The largest absolute Gasteiger partial charge is 0.489 e. The molecule has 0 spiro atoms. The second-order valence-electron chi connectivity index (χ2n) is 6.96. The molecule has 3 heterocycles. The molecule has 0 unspecified atom stereocenters. The monoisotopic (exact) mass is 354 g/mol. The Kier molecular flexibility index (Phi) is 3.57. The van der Waals surface area contributed by atoms with E-state index in [0.29, 0.717) is 6.61 Å². The molecule has 0 saturated heterocycles. The Morgan fingerprint density at radius 1 is 0.963 bits per heavy atom. The van der Waals surface area contributed by atoms with E-state index in [1.807, 2.05) is 34.8 Å². The zero-order valence-corrected chi connectivity index (χ0v) is 15.4. The highest BCUT2D eigenvalue weighted by Gasteiger charge is 2.16. The number of rotatable bonds is 3. The molecular formula is C23H20N3O+. The van der Waals surface area contributed by atoms with Crippen LogP contribution in [0.5, 0.6) is 5.75 Å². The van der Waals surface area contributed by atoms with Crippen molar-refractivity contribution >= 4 is 27.3 Å². The lowest BCUT2D eigenvalue weighted by Gasteiger charge is -2.06. The van der Waals surface area contributed by atoms with Gasteiger partial charge in [0.15, 0.2) is 0 Å². The number of fused-ring (bicyclic) bond motifs is 5. The van der Waals surface area contributed by atoms with Gasteiger partial charge in [0.2, 0.25) is 6.20 Å². The van der Waals surface area contributed by atoms with Gasteiger partial charge in [-0.05, 0) is 37.1 Å². The van der Waals surface area contributed by atoms with E-state index in [9.17, 15) is 0 Å². The molecule has 2 aromatic carbocycles. The highest BCUT2D eigenvalue weighted by atomic mass is 16.5. The van der Waals surface area contributed by atoms with E-state index in [4.69, 9.17) is 9.72 Å². The molecule has 0 aliphatic rings. The van der Waals surface area contributed by atoms with Gasteiger partial charge in [-0.1, -0.05) is 34.8 Å². The van der Waals surface area contributed by atoms with E-state index in [1.165, 1.54) is 5.56 Å². The van der Waals surface area contributed by atoms with E-state index in [-0.39, 0.29) is 0 Å². The van der Waals surface area contributed by atoms with Crippen LogP contribution in [0.2, 0.25) is 0 Å². The van der Waals surface area contributed by atoms with Crippen molar-refractivity contribution in [2.75, 3.05) is 0 Å². The summed E-state index contributed by atoms with van der Waals surface area (Å²) in [4.78, 5) is 4.91. The molecule has 0 radical (unpaired) electrons. The van der Waals surface area contributed by atoms with Crippen molar-refractivity contribution in [1.82, 2.24) is 10.1 Å². The molecule has 1 N–H and O–H groups in total. The Labute approximate surface area is 157 Å². The molecule has 0 fully saturated rings. The summed E-state index contributed by atoms with van der Waals surface area (Å²) in [6.45, 7) is 4.75. The van der Waals surface area contributed by atoms with Crippen LogP contribution in [-0.4, -0.2) is 10.1 Å². The third-order valence-electron chi connectivity index (χ3n) is 5.12. The molecule has 0 aliphatic carbocycles. The number of pyridine rings is 1. The summed E-state index contributed by atoms with van der Waals surface area (Å²) in [5.74, 6) is 0.838. The number of aromatic amines is 1. The minimum absolute atomic E-state index is 0.554. The molecular weight excluding hydrogens is 334 g/mol. The summed E-state index contributed by atoms with van der Waals surface area (Å²) >= 11 is 0. The first-order chi connectivity index (χ1) is 13.2. The maximum absolute atomic E-state index is 5.97. The van der Waals surface area contributed by atoms with E-state index in [1.54, 1.807) is 0 Å². The van der Waals surface area contributed by atoms with Gasteiger partial charge in [-0.3, -0.25) is 0 Å². The van der Waals surface area contributed by atoms with E-state index < -0.39 is 0 Å². The molecule has 0 bridgehead atoms. The maximum atomic E-state index is 5.97. The fourth-order valence-electron chi connectivity index (χ4n) is 3.50. The Morgan fingerprint density at radius 3 is 2.67 bits per heavy atom. The fraction of sp³-hybridized carbons (Fsp3) is 0.130. The molecule has 3 aromatic heterocycles. The summed E-state index contributed by atoms with van der Waals surface area (Å²) in [5, 5.41) is 5.71. The Morgan fingerprint density at radius 2 is 1.81 bits per heavy atom. The second kappa shape index (κ2) is 6.09. The van der Waals surface area contributed by atoms with Crippen molar-refractivity contribution in [3.8, 4) is 5.75 Å². The number of benzene rings is 2. The minimum atomic E-state index is 0.554. The topological polar surface area (TPSA) is 42.0 Å². The van der Waals surface area contributed by atoms with Crippen molar-refractivity contribution in [2.24, 2.45) is 0 Å². The predicted molar refractivity (Wildman–Crippen MR) is 107 cm³/mol. The van der Waals surface area contributed by atoms with Gasteiger partial charge < -0.3 is 4.74 Å². The molecule has 5 aromatic rings. The first kappa shape index (κ1) is 15.8. The first-order valence-corrected chi connectivity index (χ1v) is 9.10. The standard InChI is InChI=1S/C23H19N3O/c1-15-12-22-23-20(10-11-26(22)25-16(15)2)19-9-8-18(13-21(19)24-23)27-14-17-6-4-3-5-7-17/h3-13H,14H2,1-2H3/p+1. The van der Waals surface area contributed by atoms with Crippen LogP contribution in [0.1, 0.15) is 16.8 Å². The van der Waals surface area contributed by atoms with Crippen molar-refractivity contribution < 1.29 is 9.25 Å². The van der Waals surface area contributed by atoms with Crippen molar-refractivity contribution in [2.45, 2.75) is 20.5 Å². The average molecular weight is 354 g/mol. The number of nitrogens with one attached hydrogen (secondary N) is 1. The van der Waals surface area contributed by atoms with Crippen LogP contribution >= 0.6 is 0 Å². The molecule has 0 atom stereocenters. The average Bonchev–Trinajstić information content (AvgIpc) is 3.06. The van der Waals surface area contributed by atoms with Crippen molar-refractivity contribution in [1.29, 1.82) is 0 Å². The van der Waals surface area contributed by atoms with Crippen molar-refractivity contribution in [3.63, 3.8) is 0 Å². The number of aryl methyl sites for hydroxylation is 2. The number of H-pyrrole nitrogens is 1. The summed E-state index contributed by atoms with van der Waals surface area (Å²) in [6, 6.07) is 20.7. The van der Waals surface area contributed by atoms with Gasteiger partial charge in [-0.15, -0.1) is 0 Å². The Balaban J connectivity index is 1.59. The number of aromatic nitrogens is 3. The fourth-order valence-corrected chi connectivity index (χ4v) is 3.50. The summed E-state index contributed by atoms with van der Waals surface area (Å²) < 4.78 is 8.00.